The van der Waals surface area contributed by atoms with Crippen LogP contribution < -0.4 is 11.1 Å². The van der Waals surface area contributed by atoms with Gasteiger partial charge in [0, 0.05) is 25.2 Å². The van der Waals surface area contributed by atoms with Crippen LogP contribution in [0.5, 0.6) is 0 Å². The zero-order valence-corrected chi connectivity index (χ0v) is 13.3. The van der Waals surface area contributed by atoms with Crippen LogP contribution in [0, 0.1) is 17.8 Å². The van der Waals surface area contributed by atoms with Crippen molar-refractivity contribution in [1.29, 1.82) is 0 Å². The summed E-state index contributed by atoms with van der Waals surface area (Å²) in [6.07, 6.45) is 6.43. The summed E-state index contributed by atoms with van der Waals surface area (Å²) in [7, 11) is 0. The van der Waals surface area contributed by atoms with Gasteiger partial charge in [0.2, 0.25) is 5.91 Å². The van der Waals surface area contributed by atoms with E-state index in [4.69, 9.17) is 10.5 Å². The van der Waals surface area contributed by atoms with Crippen molar-refractivity contribution in [2.75, 3.05) is 19.8 Å². The summed E-state index contributed by atoms with van der Waals surface area (Å²) in [6, 6.07) is 0.315. The highest BCUT2D eigenvalue weighted by atomic mass is 35.5. The Morgan fingerprint density at radius 2 is 2.00 bits per heavy atom. The second-order valence-corrected chi connectivity index (χ2v) is 6.01. The van der Waals surface area contributed by atoms with Crippen LogP contribution in [0.3, 0.4) is 0 Å². The van der Waals surface area contributed by atoms with E-state index in [-0.39, 0.29) is 24.2 Å². The van der Waals surface area contributed by atoms with Gasteiger partial charge < -0.3 is 15.8 Å². The highest BCUT2D eigenvalue weighted by molar-refractivity contribution is 5.85. The van der Waals surface area contributed by atoms with Crippen LogP contribution in [0.4, 0.5) is 0 Å². The molecule has 0 spiro atoms. The molecule has 3 atom stereocenters. The van der Waals surface area contributed by atoms with Crippen LogP contribution in [0.15, 0.2) is 0 Å². The lowest BCUT2D eigenvalue weighted by Gasteiger charge is -2.31. The maximum Gasteiger partial charge on any atom is 0.223 e. The minimum absolute atomic E-state index is 0. The molecule has 0 bridgehead atoms. The average Bonchev–Trinajstić information content (AvgIpc) is 2.94. The minimum Gasteiger partial charge on any atom is -0.381 e. The number of hydrogen-bond acceptors (Lipinski definition) is 3. The highest BCUT2D eigenvalue weighted by Gasteiger charge is 2.34. The number of carbonyl (C=O) groups excluding carboxylic acids is 1. The first-order chi connectivity index (χ1) is 9.26. The normalized spacial score (nSPS) is 28.7. The number of nitrogens with two attached hydrogens (primary N) is 1. The van der Waals surface area contributed by atoms with Gasteiger partial charge in [-0.3, -0.25) is 4.79 Å². The third kappa shape index (κ3) is 4.34. The Hall–Kier alpha value is -0.320. The first kappa shape index (κ1) is 17.7. The summed E-state index contributed by atoms with van der Waals surface area (Å²) in [6.45, 7) is 4.49. The third-order valence-corrected chi connectivity index (χ3v) is 4.90. The Morgan fingerprint density at radius 1 is 1.30 bits per heavy atom. The van der Waals surface area contributed by atoms with Crippen LogP contribution in [0.25, 0.3) is 0 Å². The molecule has 3 N–H and O–H groups in total. The number of hydrogen-bond donors (Lipinski definition) is 2. The van der Waals surface area contributed by atoms with Crippen LogP contribution in [-0.2, 0) is 9.53 Å². The summed E-state index contributed by atoms with van der Waals surface area (Å²) >= 11 is 0. The summed E-state index contributed by atoms with van der Waals surface area (Å²) in [5, 5.41) is 3.29. The standard InChI is InChI=1S/C15H28N2O2.ClH/c1-2-14(11-6-8-19-9-7-11)17-15(18)13-5-3-4-12(13)10-16;/h11-14H,2-10,16H2,1H3,(H,17,18);1H/t12-,13-,14?;/m1./s1. The molecule has 4 nitrogen and oxygen atoms in total. The number of rotatable bonds is 5. The molecule has 1 saturated heterocycles. The van der Waals surface area contributed by atoms with E-state index in [1.165, 1.54) is 0 Å². The number of nitrogens with one attached hydrogen (secondary N) is 1. The maximum absolute atomic E-state index is 12.4. The van der Waals surface area contributed by atoms with Gasteiger partial charge >= 0.3 is 0 Å². The second-order valence-electron chi connectivity index (χ2n) is 6.01. The van der Waals surface area contributed by atoms with Gasteiger partial charge in [-0.2, -0.15) is 0 Å². The van der Waals surface area contributed by atoms with E-state index in [0.29, 0.717) is 24.4 Å². The molecule has 5 heteroatoms. The molecule has 2 aliphatic rings. The van der Waals surface area contributed by atoms with Gasteiger partial charge in [-0.1, -0.05) is 13.3 Å². The molecule has 0 radical (unpaired) electrons. The van der Waals surface area contributed by atoms with E-state index in [9.17, 15) is 4.79 Å². The SMILES string of the molecule is CCC(NC(=O)[C@@H]1CCC[C@@H]1CN)C1CCOCC1.Cl. The summed E-state index contributed by atoms with van der Waals surface area (Å²) < 4.78 is 5.40. The van der Waals surface area contributed by atoms with Crippen LogP contribution in [0.2, 0.25) is 0 Å². The van der Waals surface area contributed by atoms with Gasteiger partial charge in [0.1, 0.15) is 0 Å². The Morgan fingerprint density at radius 3 is 2.60 bits per heavy atom. The van der Waals surface area contributed by atoms with Crippen molar-refractivity contribution in [2.24, 2.45) is 23.5 Å². The van der Waals surface area contributed by atoms with Gasteiger partial charge in [0.15, 0.2) is 0 Å². The van der Waals surface area contributed by atoms with E-state index in [2.05, 4.69) is 12.2 Å². The van der Waals surface area contributed by atoms with Gasteiger partial charge in [0.05, 0.1) is 0 Å². The minimum atomic E-state index is 0. The Bertz CT molecular complexity index is 296. The van der Waals surface area contributed by atoms with Crippen LogP contribution in [-0.4, -0.2) is 31.7 Å². The largest absolute Gasteiger partial charge is 0.381 e. The van der Waals surface area contributed by atoms with E-state index >= 15 is 0 Å². The monoisotopic (exact) mass is 304 g/mol. The molecule has 1 aliphatic heterocycles. The molecule has 2 fully saturated rings. The summed E-state index contributed by atoms with van der Waals surface area (Å²) in [5.74, 6) is 1.37. The Balaban J connectivity index is 0.00000200. The molecule has 1 heterocycles. The molecule has 20 heavy (non-hydrogen) atoms. The van der Waals surface area contributed by atoms with Crippen LogP contribution >= 0.6 is 12.4 Å². The van der Waals surface area contributed by atoms with Crippen molar-refractivity contribution in [3.05, 3.63) is 0 Å². The van der Waals surface area contributed by atoms with Crippen molar-refractivity contribution < 1.29 is 9.53 Å². The van der Waals surface area contributed by atoms with Gasteiger partial charge in [-0.15, -0.1) is 12.4 Å². The van der Waals surface area contributed by atoms with Gasteiger partial charge in [-0.05, 0) is 50.5 Å². The molecule has 1 unspecified atom stereocenters. The summed E-state index contributed by atoms with van der Waals surface area (Å²) in [4.78, 5) is 12.4. The van der Waals surface area contributed by atoms with Gasteiger partial charge in [-0.25, -0.2) is 0 Å². The number of amides is 1. The molecule has 1 aliphatic carbocycles. The lowest BCUT2D eigenvalue weighted by molar-refractivity contribution is -0.127. The van der Waals surface area contributed by atoms with Gasteiger partial charge in [0.25, 0.3) is 0 Å². The molecule has 0 aromatic heterocycles. The zero-order valence-electron chi connectivity index (χ0n) is 12.5. The van der Waals surface area contributed by atoms with Crippen molar-refractivity contribution in [3.63, 3.8) is 0 Å². The fraction of sp³-hybridized carbons (Fsp3) is 0.933. The molecular weight excluding hydrogens is 276 g/mol. The first-order valence-electron chi connectivity index (χ1n) is 7.84. The lowest BCUT2D eigenvalue weighted by Crippen LogP contribution is -2.45. The van der Waals surface area contributed by atoms with Crippen molar-refractivity contribution in [2.45, 2.75) is 51.5 Å². The van der Waals surface area contributed by atoms with Crippen molar-refractivity contribution in [1.82, 2.24) is 5.32 Å². The Kier molecular flexibility index (Phi) is 7.85. The third-order valence-electron chi connectivity index (χ3n) is 4.90. The maximum atomic E-state index is 12.4. The number of carbonyl (C=O) groups is 1. The molecule has 1 saturated carbocycles. The van der Waals surface area contributed by atoms with Crippen molar-refractivity contribution >= 4 is 18.3 Å². The van der Waals surface area contributed by atoms with E-state index in [0.717, 1.165) is 51.7 Å². The highest BCUT2D eigenvalue weighted by Crippen LogP contribution is 2.31. The quantitative estimate of drug-likeness (QED) is 0.817. The molecule has 118 valence electrons. The molecule has 0 aromatic rings. The zero-order chi connectivity index (χ0) is 13.7. The average molecular weight is 305 g/mol. The smallest absolute Gasteiger partial charge is 0.223 e. The fourth-order valence-electron chi connectivity index (χ4n) is 3.63. The summed E-state index contributed by atoms with van der Waals surface area (Å²) in [5.41, 5.74) is 5.77. The van der Waals surface area contributed by atoms with Crippen molar-refractivity contribution in [3.8, 4) is 0 Å². The molecule has 1 amide bonds. The lowest BCUT2D eigenvalue weighted by atomic mass is 9.88. The molecular formula is C15H29ClN2O2. The number of ether oxygens (including phenoxy) is 1. The predicted octanol–water partition coefficient (Wildman–Crippen LogP) is 2.10. The van der Waals surface area contributed by atoms with E-state index in [1.807, 2.05) is 0 Å². The number of halogens is 1. The first-order valence-corrected chi connectivity index (χ1v) is 7.84. The van der Waals surface area contributed by atoms with E-state index < -0.39 is 0 Å². The van der Waals surface area contributed by atoms with Crippen LogP contribution in [0.1, 0.15) is 45.4 Å². The van der Waals surface area contributed by atoms with E-state index in [1.54, 1.807) is 0 Å². The molecule has 2 rings (SSSR count). The second kappa shape index (κ2) is 8.85. The topological polar surface area (TPSA) is 64.4 Å². The Labute approximate surface area is 128 Å². The molecule has 0 aromatic carbocycles. The predicted molar refractivity (Wildman–Crippen MR) is 82.9 cm³/mol. The fourth-order valence-corrected chi connectivity index (χ4v) is 3.63.